The highest BCUT2D eigenvalue weighted by molar-refractivity contribution is 9.08. The van der Waals surface area contributed by atoms with Crippen molar-refractivity contribution in [2.75, 3.05) is 0 Å². The molecule has 1 aromatic rings. The topological polar surface area (TPSA) is 56.9 Å². The van der Waals surface area contributed by atoms with Crippen molar-refractivity contribution in [3.8, 4) is 11.8 Å². The second kappa shape index (κ2) is 5.03. The lowest BCUT2D eigenvalue weighted by molar-refractivity contribution is 0.145. The van der Waals surface area contributed by atoms with E-state index in [-0.39, 0.29) is 23.2 Å². The van der Waals surface area contributed by atoms with Crippen molar-refractivity contribution < 1.29 is 13.9 Å². The summed E-state index contributed by atoms with van der Waals surface area (Å²) >= 11 is 3.06. The number of nitriles is 1. The Labute approximate surface area is 93.5 Å². The molecule has 1 heterocycles. The van der Waals surface area contributed by atoms with E-state index in [0.29, 0.717) is 5.56 Å². The first-order valence-corrected chi connectivity index (χ1v) is 5.15. The molecule has 0 radical (unpaired) electrons. The predicted molar refractivity (Wildman–Crippen MR) is 52.8 cm³/mol. The number of hydrogen-bond acceptors (Lipinski definition) is 3. The van der Waals surface area contributed by atoms with Crippen molar-refractivity contribution in [3.63, 3.8) is 0 Å². The van der Waals surface area contributed by atoms with Gasteiger partial charge in [-0.15, -0.1) is 0 Å². The third-order valence-electron chi connectivity index (χ3n) is 1.78. The zero-order valence-electron chi connectivity index (χ0n) is 7.54. The van der Waals surface area contributed by atoms with E-state index in [1.165, 1.54) is 0 Å². The van der Waals surface area contributed by atoms with Gasteiger partial charge >= 0.3 is 0 Å². The number of alkyl halides is 3. The van der Waals surface area contributed by atoms with Crippen molar-refractivity contribution >= 4 is 15.9 Å². The first kappa shape index (κ1) is 11.9. The van der Waals surface area contributed by atoms with Gasteiger partial charge in [-0.25, -0.2) is 13.8 Å². The standard InChI is InChI=1S/C9H7BrF2N2O/c10-4-5-3-7(9(11)12)14-6(1-2-13)8(5)15/h3,9,15H,1,4H2. The molecule has 0 amide bonds. The summed E-state index contributed by atoms with van der Waals surface area (Å²) in [6.45, 7) is 0. The van der Waals surface area contributed by atoms with Gasteiger partial charge in [-0.05, 0) is 6.07 Å². The van der Waals surface area contributed by atoms with Crippen LogP contribution in [0, 0.1) is 11.3 Å². The number of aromatic hydroxyl groups is 1. The molecule has 0 aliphatic heterocycles. The molecule has 0 saturated heterocycles. The Hall–Kier alpha value is -1.22. The lowest BCUT2D eigenvalue weighted by atomic mass is 10.1. The number of pyridine rings is 1. The van der Waals surface area contributed by atoms with Crippen LogP contribution in [0.25, 0.3) is 0 Å². The Morgan fingerprint density at radius 2 is 2.27 bits per heavy atom. The molecule has 0 fully saturated rings. The predicted octanol–water partition coefficient (Wildman–Crippen LogP) is 2.69. The van der Waals surface area contributed by atoms with Crippen LogP contribution >= 0.6 is 15.9 Å². The van der Waals surface area contributed by atoms with E-state index < -0.39 is 12.1 Å². The summed E-state index contributed by atoms with van der Waals surface area (Å²) in [4.78, 5) is 3.53. The van der Waals surface area contributed by atoms with Gasteiger partial charge < -0.3 is 5.11 Å². The number of aromatic nitrogens is 1. The molecular weight excluding hydrogens is 270 g/mol. The summed E-state index contributed by atoms with van der Waals surface area (Å²) in [5.41, 5.74) is -0.122. The van der Waals surface area contributed by atoms with Crippen LogP contribution in [0.4, 0.5) is 8.78 Å². The molecule has 0 aliphatic carbocycles. The van der Waals surface area contributed by atoms with E-state index in [9.17, 15) is 13.9 Å². The second-order valence-electron chi connectivity index (χ2n) is 2.77. The fraction of sp³-hybridized carbons (Fsp3) is 0.333. The van der Waals surface area contributed by atoms with Crippen molar-refractivity contribution in [2.45, 2.75) is 18.2 Å². The molecule has 15 heavy (non-hydrogen) atoms. The van der Waals surface area contributed by atoms with Crippen LogP contribution in [0.2, 0.25) is 0 Å². The minimum Gasteiger partial charge on any atom is -0.506 e. The average Bonchev–Trinajstić information content (AvgIpc) is 2.21. The van der Waals surface area contributed by atoms with Crippen LogP contribution in [-0.2, 0) is 11.8 Å². The molecule has 0 unspecified atom stereocenters. The summed E-state index contributed by atoms with van der Waals surface area (Å²) in [6, 6.07) is 2.88. The molecule has 1 rings (SSSR count). The molecule has 0 atom stereocenters. The van der Waals surface area contributed by atoms with Gasteiger partial charge in [0.25, 0.3) is 6.43 Å². The highest BCUT2D eigenvalue weighted by Gasteiger charge is 2.16. The van der Waals surface area contributed by atoms with E-state index in [4.69, 9.17) is 5.26 Å². The summed E-state index contributed by atoms with van der Waals surface area (Å²) in [7, 11) is 0. The molecular formula is C9H7BrF2N2O. The Balaban J connectivity index is 3.26. The van der Waals surface area contributed by atoms with E-state index in [1.807, 2.05) is 0 Å². The first-order valence-electron chi connectivity index (χ1n) is 4.02. The lowest BCUT2D eigenvalue weighted by Gasteiger charge is -2.08. The van der Waals surface area contributed by atoms with E-state index in [1.54, 1.807) is 6.07 Å². The van der Waals surface area contributed by atoms with Crippen molar-refractivity contribution in [1.82, 2.24) is 4.98 Å². The summed E-state index contributed by atoms with van der Waals surface area (Å²) in [6.07, 6.45) is -2.90. The van der Waals surface area contributed by atoms with E-state index in [2.05, 4.69) is 20.9 Å². The van der Waals surface area contributed by atoms with Crippen LogP contribution in [0.3, 0.4) is 0 Å². The Morgan fingerprint density at radius 1 is 1.60 bits per heavy atom. The molecule has 0 spiro atoms. The van der Waals surface area contributed by atoms with Gasteiger partial charge in [0.1, 0.15) is 11.4 Å². The van der Waals surface area contributed by atoms with Crippen molar-refractivity contribution in [1.29, 1.82) is 5.26 Å². The van der Waals surface area contributed by atoms with Crippen LogP contribution in [-0.4, -0.2) is 10.1 Å². The maximum absolute atomic E-state index is 12.4. The molecule has 1 N–H and O–H groups in total. The van der Waals surface area contributed by atoms with Crippen molar-refractivity contribution in [2.24, 2.45) is 0 Å². The van der Waals surface area contributed by atoms with Gasteiger partial charge in [0.05, 0.1) is 18.2 Å². The molecule has 0 bridgehead atoms. The number of nitrogens with zero attached hydrogens (tertiary/aromatic N) is 2. The fourth-order valence-electron chi connectivity index (χ4n) is 1.09. The molecule has 0 aliphatic rings. The van der Waals surface area contributed by atoms with Gasteiger partial charge in [0.15, 0.2) is 0 Å². The van der Waals surface area contributed by atoms with E-state index in [0.717, 1.165) is 6.07 Å². The zero-order chi connectivity index (χ0) is 11.4. The Bertz CT molecular complexity index is 404. The lowest BCUT2D eigenvalue weighted by Crippen LogP contribution is -1.99. The van der Waals surface area contributed by atoms with Gasteiger partial charge in [-0.2, -0.15) is 5.26 Å². The summed E-state index contributed by atoms with van der Waals surface area (Å²) < 4.78 is 24.8. The van der Waals surface area contributed by atoms with Crippen LogP contribution in [0.5, 0.6) is 5.75 Å². The highest BCUT2D eigenvalue weighted by atomic mass is 79.9. The Kier molecular flexibility index (Phi) is 3.97. The SMILES string of the molecule is N#CCc1nc(C(F)F)cc(CBr)c1O. The number of halogens is 3. The monoisotopic (exact) mass is 276 g/mol. The molecule has 1 aromatic heterocycles. The Morgan fingerprint density at radius 3 is 2.73 bits per heavy atom. The molecule has 0 aromatic carbocycles. The maximum atomic E-state index is 12.4. The van der Waals surface area contributed by atoms with Gasteiger partial charge in [0.2, 0.25) is 0 Å². The quantitative estimate of drug-likeness (QED) is 0.864. The molecule has 80 valence electrons. The third-order valence-corrected chi connectivity index (χ3v) is 2.38. The molecule has 6 heteroatoms. The minimum absolute atomic E-state index is 0.00949. The van der Waals surface area contributed by atoms with E-state index >= 15 is 0 Å². The molecule has 0 saturated carbocycles. The largest absolute Gasteiger partial charge is 0.506 e. The molecule has 3 nitrogen and oxygen atoms in total. The summed E-state index contributed by atoms with van der Waals surface area (Å²) in [5.74, 6) is -0.196. The number of rotatable bonds is 3. The average molecular weight is 277 g/mol. The van der Waals surface area contributed by atoms with Crippen LogP contribution in [0.15, 0.2) is 6.07 Å². The van der Waals surface area contributed by atoms with Gasteiger partial charge in [0, 0.05) is 10.9 Å². The maximum Gasteiger partial charge on any atom is 0.280 e. The van der Waals surface area contributed by atoms with Crippen molar-refractivity contribution in [3.05, 3.63) is 23.0 Å². The zero-order valence-corrected chi connectivity index (χ0v) is 9.13. The normalized spacial score (nSPS) is 10.3. The second-order valence-corrected chi connectivity index (χ2v) is 3.33. The van der Waals surface area contributed by atoms with Crippen LogP contribution in [0.1, 0.15) is 23.4 Å². The summed E-state index contributed by atoms with van der Waals surface area (Å²) in [5, 5.41) is 18.2. The third kappa shape index (κ3) is 2.63. The highest BCUT2D eigenvalue weighted by Crippen LogP contribution is 2.28. The smallest absolute Gasteiger partial charge is 0.280 e. The number of hydrogen-bond donors (Lipinski definition) is 1. The van der Waals surface area contributed by atoms with Gasteiger partial charge in [-0.3, -0.25) is 0 Å². The minimum atomic E-state index is -2.71. The fourth-order valence-corrected chi connectivity index (χ4v) is 1.51. The van der Waals surface area contributed by atoms with Crippen LogP contribution < -0.4 is 0 Å². The van der Waals surface area contributed by atoms with Gasteiger partial charge in [-0.1, -0.05) is 15.9 Å². The first-order chi connectivity index (χ1) is 7.10.